The number of carbonyl (C=O) groups excluding carboxylic acids is 1. The predicted octanol–water partition coefficient (Wildman–Crippen LogP) is 1.58. The van der Waals surface area contributed by atoms with Gasteiger partial charge in [0.15, 0.2) is 0 Å². The lowest BCUT2D eigenvalue weighted by Gasteiger charge is -2.05. The van der Waals surface area contributed by atoms with Crippen LogP contribution in [0.1, 0.15) is 35.1 Å². The fraction of sp³-hybridized carbons (Fsp3) is 0.417. The second-order valence-corrected chi connectivity index (χ2v) is 3.64. The summed E-state index contributed by atoms with van der Waals surface area (Å²) in [5, 5.41) is 8.59. The number of aromatic nitrogens is 1. The predicted molar refractivity (Wildman–Crippen MR) is 60.9 cm³/mol. The Balaban J connectivity index is 2.86. The van der Waals surface area contributed by atoms with Crippen LogP contribution in [0.5, 0.6) is 0 Å². The molecule has 0 fully saturated rings. The van der Waals surface area contributed by atoms with Crippen molar-refractivity contribution in [1.29, 1.82) is 0 Å². The minimum absolute atomic E-state index is 0.00127. The molecule has 0 aromatic carbocycles. The van der Waals surface area contributed by atoms with Crippen LogP contribution in [-0.4, -0.2) is 28.6 Å². The zero-order chi connectivity index (χ0) is 12.8. The molecule has 0 saturated heterocycles. The second-order valence-electron chi connectivity index (χ2n) is 3.64. The number of carboxylic acid groups (broad SMARTS) is 1. The van der Waals surface area contributed by atoms with Gasteiger partial charge >= 0.3 is 11.9 Å². The maximum atomic E-state index is 11.5. The average molecular weight is 237 g/mol. The Bertz CT molecular complexity index is 429. The van der Waals surface area contributed by atoms with Gasteiger partial charge in [-0.25, -0.2) is 9.78 Å². The Morgan fingerprint density at radius 3 is 2.71 bits per heavy atom. The zero-order valence-corrected chi connectivity index (χ0v) is 9.90. The Hall–Kier alpha value is -1.91. The van der Waals surface area contributed by atoms with Crippen molar-refractivity contribution in [2.45, 2.75) is 26.7 Å². The molecule has 0 amide bonds. The maximum Gasteiger partial charge on any atom is 0.356 e. The van der Waals surface area contributed by atoms with Crippen LogP contribution in [0.25, 0.3) is 0 Å². The highest BCUT2D eigenvalue weighted by molar-refractivity contribution is 5.87. The average Bonchev–Trinajstić information content (AvgIpc) is 2.26. The van der Waals surface area contributed by atoms with Gasteiger partial charge in [-0.05, 0) is 31.5 Å². The van der Waals surface area contributed by atoms with E-state index < -0.39 is 11.9 Å². The van der Waals surface area contributed by atoms with Gasteiger partial charge in [-0.1, -0.05) is 0 Å². The van der Waals surface area contributed by atoms with Crippen molar-refractivity contribution in [3.63, 3.8) is 0 Å². The van der Waals surface area contributed by atoms with Crippen LogP contribution in [0.15, 0.2) is 12.1 Å². The molecule has 0 unspecified atom stereocenters. The van der Waals surface area contributed by atoms with Gasteiger partial charge < -0.3 is 9.84 Å². The van der Waals surface area contributed by atoms with E-state index in [9.17, 15) is 9.59 Å². The summed E-state index contributed by atoms with van der Waals surface area (Å²) in [4.78, 5) is 26.0. The lowest BCUT2D eigenvalue weighted by atomic mass is 10.1. The van der Waals surface area contributed by atoms with E-state index in [4.69, 9.17) is 9.84 Å². The quantitative estimate of drug-likeness (QED) is 0.787. The highest BCUT2D eigenvalue weighted by atomic mass is 16.5. The van der Waals surface area contributed by atoms with E-state index >= 15 is 0 Å². The normalized spacial score (nSPS) is 10.0. The number of aliphatic carboxylic acids is 1. The van der Waals surface area contributed by atoms with Crippen LogP contribution < -0.4 is 0 Å². The number of carboxylic acids is 1. The summed E-state index contributed by atoms with van der Waals surface area (Å²) in [5.74, 6) is -1.36. The summed E-state index contributed by atoms with van der Waals surface area (Å²) >= 11 is 0. The molecule has 1 aromatic rings. The Labute approximate surface area is 99.4 Å². The number of rotatable bonds is 5. The molecular formula is C12H15NO4. The molecule has 0 aliphatic carbocycles. The number of nitrogens with zero attached hydrogens (tertiary/aromatic N) is 1. The number of hydrogen-bond donors (Lipinski definition) is 1. The first kappa shape index (κ1) is 13.2. The minimum Gasteiger partial charge on any atom is -0.481 e. The summed E-state index contributed by atoms with van der Waals surface area (Å²) in [7, 11) is 0. The molecule has 0 radical (unpaired) electrons. The van der Waals surface area contributed by atoms with E-state index in [1.165, 1.54) is 0 Å². The molecule has 17 heavy (non-hydrogen) atoms. The SMILES string of the molecule is CCOC(=O)c1cc(C)cc(CCC(=O)O)n1. The number of pyridine rings is 1. The fourth-order valence-electron chi connectivity index (χ4n) is 1.41. The topological polar surface area (TPSA) is 76.5 Å². The summed E-state index contributed by atoms with van der Waals surface area (Å²) in [6.45, 7) is 3.84. The van der Waals surface area contributed by atoms with Crippen LogP contribution in [0.2, 0.25) is 0 Å². The van der Waals surface area contributed by atoms with E-state index in [0.29, 0.717) is 18.7 Å². The molecule has 5 heteroatoms. The minimum atomic E-state index is -0.883. The molecule has 1 N–H and O–H groups in total. The third-order valence-corrected chi connectivity index (χ3v) is 2.10. The van der Waals surface area contributed by atoms with Gasteiger partial charge in [0.05, 0.1) is 13.0 Å². The number of esters is 1. The first-order valence-corrected chi connectivity index (χ1v) is 5.39. The smallest absolute Gasteiger partial charge is 0.356 e. The third kappa shape index (κ3) is 4.22. The summed E-state index contributed by atoms with van der Waals surface area (Å²) in [5.41, 5.74) is 1.69. The lowest BCUT2D eigenvalue weighted by Crippen LogP contribution is -2.09. The van der Waals surface area contributed by atoms with E-state index in [-0.39, 0.29) is 12.1 Å². The third-order valence-electron chi connectivity index (χ3n) is 2.10. The van der Waals surface area contributed by atoms with E-state index in [1.54, 1.807) is 19.1 Å². The number of aryl methyl sites for hydroxylation is 2. The van der Waals surface area contributed by atoms with E-state index in [1.807, 2.05) is 6.92 Å². The molecule has 0 aliphatic rings. The van der Waals surface area contributed by atoms with Gasteiger partial charge in [0.25, 0.3) is 0 Å². The van der Waals surface area contributed by atoms with Crippen molar-refractivity contribution in [3.8, 4) is 0 Å². The fourth-order valence-corrected chi connectivity index (χ4v) is 1.41. The Kier molecular flexibility index (Phi) is 4.63. The van der Waals surface area contributed by atoms with Crippen molar-refractivity contribution in [3.05, 3.63) is 29.1 Å². The number of carbonyl (C=O) groups is 2. The van der Waals surface area contributed by atoms with Gasteiger partial charge in [-0.3, -0.25) is 4.79 Å². The molecule has 0 aliphatic heterocycles. The number of hydrogen-bond acceptors (Lipinski definition) is 4. The van der Waals surface area contributed by atoms with Gasteiger partial charge in [-0.15, -0.1) is 0 Å². The van der Waals surface area contributed by atoms with Crippen molar-refractivity contribution >= 4 is 11.9 Å². The highest BCUT2D eigenvalue weighted by Gasteiger charge is 2.10. The van der Waals surface area contributed by atoms with Crippen LogP contribution in [0.4, 0.5) is 0 Å². The molecule has 1 aromatic heterocycles. The van der Waals surface area contributed by atoms with Crippen LogP contribution in [0, 0.1) is 6.92 Å². The summed E-state index contributed by atoms with van der Waals surface area (Å²) in [6, 6.07) is 3.40. The lowest BCUT2D eigenvalue weighted by molar-refractivity contribution is -0.136. The number of ether oxygens (including phenoxy) is 1. The molecule has 0 atom stereocenters. The molecule has 92 valence electrons. The van der Waals surface area contributed by atoms with Crippen LogP contribution >= 0.6 is 0 Å². The van der Waals surface area contributed by atoms with E-state index in [2.05, 4.69) is 4.98 Å². The zero-order valence-electron chi connectivity index (χ0n) is 9.90. The largest absolute Gasteiger partial charge is 0.481 e. The molecule has 1 rings (SSSR count). The van der Waals surface area contributed by atoms with E-state index in [0.717, 1.165) is 5.56 Å². The summed E-state index contributed by atoms with van der Waals surface area (Å²) < 4.78 is 4.85. The van der Waals surface area contributed by atoms with Crippen LogP contribution in [-0.2, 0) is 16.0 Å². The summed E-state index contributed by atoms with van der Waals surface area (Å²) in [6.07, 6.45) is 0.308. The first-order chi connectivity index (χ1) is 8.02. The Morgan fingerprint density at radius 1 is 1.41 bits per heavy atom. The molecular weight excluding hydrogens is 222 g/mol. The molecule has 0 saturated carbocycles. The molecule has 0 spiro atoms. The van der Waals surface area contributed by atoms with Gasteiger partial charge in [-0.2, -0.15) is 0 Å². The second kappa shape index (κ2) is 5.98. The molecule has 5 nitrogen and oxygen atoms in total. The highest BCUT2D eigenvalue weighted by Crippen LogP contribution is 2.08. The maximum absolute atomic E-state index is 11.5. The Morgan fingerprint density at radius 2 is 2.12 bits per heavy atom. The monoisotopic (exact) mass is 237 g/mol. The van der Waals surface area contributed by atoms with Crippen molar-refractivity contribution < 1.29 is 19.4 Å². The van der Waals surface area contributed by atoms with Gasteiger partial charge in [0.2, 0.25) is 0 Å². The van der Waals surface area contributed by atoms with Crippen molar-refractivity contribution in [2.75, 3.05) is 6.61 Å². The molecule has 1 heterocycles. The van der Waals surface area contributed by atoms with Crippen molar-refractivity contribution in [2.24, 2.45) is 0 Å². The van der Waals surface area contributed by atoms with Crippen molar-refractivity contribution in [1.82, 2.24) is 4.98 Å². The van der Waals surface area contributed by atoms with Gasteiger partial charge in [0.1, 0.15) is 5.69 Å². The first-order valence-electron chi connectivity index (χ1n) is 5.39. The van der Waals surface area contributed by atoms with Crippen LogP contribution in [0.3, 0.4) is 0 Å². The van der Waals surface area contributed by atoms with Gasteiger partial charge in [0, 0.05) is 12.1 Å². The standard InChI is InChI=1S/C12H15NO4/c1-3-17-12(16)10-7-8(2)6-9(13-10)4-5-11(14)15/h6-7H,3-5H2,1-2H3,(H,14,15). The molecule has 0 bridgehead atoms.